The van der Waals surface area contributed by atoms with Crippen LogP contribution < -0.4 is 21.7 Å². The van der Waals surface area contributed by atoms with Crippen molar-refractivity contribution in [1.29, 1.82) is 0 Å². The molecule has 5 N–H and O–H groups in total. The number of benzene rings is 4. The maximum atomic E-state index is 13.6. The lowest BCUT2D eigenvalue weighted by molar-refractivity contribution is -0.131. The number of carbonyl (C=O) groups is 3. The molecule has 43 heavy (non-hydrogen) atoms. The molecule has 0 aliphatic carbocycles. The van der Waals surface area contributed by atoms with Crippen LogP contribution in [0, 0.1) is 5.92 Å². The second-order valence-corrected chi connectivity index (χ2v) is 11.1. The average Bonchev–Trinajstić information content (AvgIpc) is 3.02. The molecular weight excluding hydrogens is 536 g/mol. The van der Waals surface area contributed by atoms with E-state index in [-0.39, 0.29) is 24.8 Å². The largest absolute Gasteiger partial charge is 0.368 e. The van der Waals surface area contributed by atoms with Gasteiger partial charge in [0.2, 0.25) is 17.7 Å². The summed E-state index contributed by atoms with van der Waals surface area (Å²) in [4.78, 5) is 39.2. The van der Waals surface area contributed by atoms with E-state index >= 15 is 0 Å². The van der Waals surface area contributed by atoms with Gasteiger partial charge in [-0.25, -0.2) is 0 Å². The fraction of sp³-hybridized carbons (Fsp3) is 0.250. The van der Waals surface area contributed by atoms with Crippen LogP contribution in [0.1, 0.15) is 42.5 Å². The van der Waals surface area contributed by atoms with E-state index in [1.54, 1.807) is 0 Å². The van der Waals surface area contributed by atoms with Gasteiger partial charge in [-0.3, -0.25) is 19.7 Å². The van der Waals surface area contributed by atoms with Crippen LogP contribution >= 0.6 is 0 Å². The Morgan fingerprint density at radius 1 is 0.651 bits per heavy atom. The van der Waals surface area contributed by atoms with Gasteiger partial charge < -0.3 is 16.4 Å². The lowest BCUT2D eigenvalue weighted by Gasteiger charge is -2.37. The summed E-state index contributed by atoms with van der Waals surface area (Å²) in [6.45, 7) is 3.83. The molecule has 4 aromatic carbocycles. The average molecular weight is 577 g/mol. The number of hydrogen-bond acceptors (Lipinski definition) is 4. The smallest absolute Gasteiger partial charge is 0.243 e. The van der Waals surface area contributed by atoms with Crippen molar-refractivity contribution < 1.29 is 14.4 Å². The predicted octanol–water partition coefficient (Wildman–Crippen LogP) is 4.31. The number of rotatable bonds is 14. The molecule has 222 valence electrons. The highest BCUT2D eigenvalue weighted by Gasteiger charge is 2.36. The number of nitrogens with one attached hydrogen (secondary N) is 3. The summed E-state index contributed by atoms with van der Waals surface area (Å²) in [6.07, 6.45) is 0.662. The fourth-order valence-corrected chi connectivity index (χ4v) is 5.38. The first-order valence-corrected chi connectivity index (χ1v) is 14.6. The first kappa shape index (κ1) is 31.2. The fourth-order valence-electron chi connectivity index (χ4n) is 5.38. The van der Waals surface area contributed by atoms with Gasteiger partial charge in [-0.15, -0.1) is 0 Å². The van der Waals surface area contributed by atoms with Crippen LogP contribution in [0.2, 0.25) is 0 Å². The second-order valence-electron chi connectivity index (χ2n) is 11.1. The Hall–Kier alpha value is -4.75. The van der Waals surface area contributed by atoms with Crippen LogP contribution in [0.4, 0.5) is 0 Å². The Morgan fingerprint density at radius 2 is 1.09 bits per heavy atom. The maximum absolute atomic E-state index is 13.6. The van der Waals surface area contributed by atoms with E-state index in [1.807, 2.05) is 135 Å². The molecule has 0 saturated carbocycles. The number of nitrogens with two attached hydrogens (primary N) is 1. The van der Waals surface area contributed by atoms with E-state index in [2.05, 4.69) is 16.0 Å². The van der Waals surface area contributed by atoms with E-state index in [4.69, 9.17) is 5.73 Å². The molecule has 2 unspecified atom stereocenters. The van der Waals surface area contributed by atoms with Gasteiger partial charge in [0.05, 0.1) is 12.1 Å². The summed E-state index contributed by atoms with van der Waals surface area (Å²) >= 11 is 0. The van der Waals surface area contributed by atoms with E-state index in [0.717, 1.165) is 22.3 Å². The van der Waals surface area contributed by atoms with E-state index in [0.29, 0.717) is 6.42 Å². The van der Waals surface area contributed by atoms with Gasteiger partial charge in [-0.05, 0) is 34.6 Å². The molecule has 0 heterocycles. The van der Waals surface area contributed by atoms with Crippen molar-refractivity contribution in [3.8, 4) is 0 Å². The van der Waals surface area contributed by atoms with E-state index < -0.39 is 29.4 Å². The molecule has 0 radical (unpaired) electrons. The normalized spacial score (nSPS) is 12.7. The van der Waals surface area contributed by atoms with Crippen molar-refractivity contribution in [2.45, 2.75) is 44.3 Å². The third-order valence-corrected chi connectivity index (χ3v) is 7.44. The Morgan fingerprint density at radius 3 is 1.51 bits per heavy atom. The molecule has 0 bridgehead atoms. The SMILES string of the molecule is CC(C)CC(NC(=O)C(Cc1ccccc1)NC(=O)CNC(c1ccccc1)(c1ccccc1)c1ccccc1)C(N)=O. The summed E-state index contributed by atoms with van der Waals surface area (Å²) in [5.74, 6) is -1.28. The van der Waals surface area contributed by atoms with Gasteiger partial charge >= 0.3 is 0 Å². The summed E-state index contributed by atoms with van der Waals surface area (Å²) < 4.78 is 0. The summed E-state index contributed by atoms with van der Waals surface area (Å²) in [6, 6.07) is 37.7. The van der Waals surface area contributed by atoms with Gasteiger partial charge in [0.1, 0.15) is 12.1 Å². The molecule has 3 amide bonds. The zero-order valence-electron chi connectivity index (χ0n) is 24.7. The Balaban J connectivity index is 1.62. The predicted molar refractivity (Wildman–Crippen MR) is 170 cm³/mol. The Bertz CT molecular complexity index is 1370. The number of amides is 3. The maximum Gasteiger partial charge on any atom is 0.243 e. The van der Waals surface area contributed by atoms with Crippen molar-refractivity contribution in [2.75, 3.05) is 6.54 Å². The van der Waals surface area contributed by atoms with E-state index in [1.165, 1.54) is 0 Å². The van der Waals surface area contributed by atoms with Gasteiger partial charge in [0, 0.05) is 6.42 Å². The van der Waals surface area contributed by atoms with Crippen LogP contribution in [0.15, 0.2) is 121 Å². The molecule has 0 fully saturated rings. The first-order valence-electron chi connectivity index (χ1n) is 14.6. The monoisotopic (exact) mass is 576 g/mol. The highest BCUT2D eigenvalue weighted by atomic mass is 16.2. The van der Waals surface area contributed by atoms with Crippen molar-refractivity contribution in [1.82, 2.24) is 16.0 Å². The molecule has 0 aliphatic rings. The minimum atomic E-state index is -0.912. The molecule has 4 rings (SSSR count). The lowest BCUT2D eigenvalue weighted by atomic mass is 9.77. The van der Waals surface area contributed by atoms with Crippen molar-refractivity contribution >= 4 is 17.7 Å². The van der Waals surface area contributed by atoms with Crippen molar-refractivity contribution in [3.63, 3.8) is 0 Å². The topological polar surface area (TPSA) is 113 Å². The molecule has 0 spiro atoms. The van der Waals surface area contributed by atoms with Crippen LogP contribution in [0.3, 0.4) is 0 Å². The summed E-state index contributed by atoms with van der Waals surface area (Å²) in [5, 5.41) is 9.26. The second kappa shape index (κ2) is 14.9. The summed E-state index contributed by atoms with van der Waals surface area (Å²) in [7, 11) is 0. The lowest BCUT2D eigenvalue weighted by Crippen LogP contribution is -2.56. The number of primary amides is 1. The van der Waals surface area contributed by atoms with Gasteiger partial charge in [0.15, 0.2) is 0 Å². The van der Waals surface area contributed by atoms with Gasteiger partial charge in [0.25, 0.3) is 0 Å². The number of carbonyl (C=O) groups excluding carboxylic acids is 3. The minimum absolute atomic E-state index is 0.0809. The Labute approximate surface area is 253 Å². The zero-order chi connectivity index (χ0) is 30.7. The third-order valence-electron chi connectivity index (χ3n) is 7.44. The molecule has 7 nitrogen and oxygen atoms in total. The van der Waals surface area contributed by atoms with Gasteiger partial charge in [-0.1, -0.05) is 135 Å². The summed E-state index contributed by atoms with van der Waals surface area (Å²) in [5.41, 5.74) is 8.54. The van der Waals surface area contributed by atoms with Crippen LogP contribution in [0.5, 0.6) is 0 Å². The third kappa shape index (κ3) is 8.17. The highest BCUT2D eigenvalue weighted by Crippen LogP contribution is 2.36. The van der Waals surface area contributed by atoms with Crippen molar-refractivity contribution in [3.05, 3.63) is 144 Å². The molecule has 2 atom stereocenters. The van der Waals surface area contributed by atoms with E-state index in [9.17, 15) is 14.4 Å². The standard InChI is InChI=1S/C36H40N4O3/c1-26(2)23-31(34(37)42)40-35(43)32(24-27-15-7-3-8-16-27)39-33(41)25-38-36(28-17-9-4-10-18-28,29-19-11-5-12-20-29)30-21-13-6-14-22-30/h3-22,26,31-32,38H,23-25H2,1-2H3,(H2,37,42)(H,39,41)(H,40,43). The van der Waals surface area contributed by atoms with Crippen LogP contribution in [-0.2, 0) is 26.3 Å². The molecule has 0 aliphatic heterocycles. The quantitative estimate of drug-likeness (QED) is 0.168. The van der Waals surface area contributed by atoms with Crippen LogP contribution in [-0.4, -0.2) is 36.3 Å². The van der Waals surface area contributed by atoms with Crippen LogP contribution in [0.25, 0.3) is 0 Å². The Kier molecular flexibility index (Phi) is 10.8. The molecule has 0 aromatic heterocycles. The molecular formula is C36H40N4O3. The van der Waals surface area contributed by atoms with Gasteiger partial charge in [-0.2, -0.15) is 0 Å². The van der Waals surface area contributed by atoms with Crippen molar-refractivity contribution in [2.24, 2.45) is 11.7 Å². The first-order chi connectivity index (χ1) is 20.8. The molecule has 4 aromatic rings. The molecule has 0 saturated heterocycles. The molecule has 7 heteroatoms. The highest BCUT2D eigenvalue weighted by molar-refractivity contribution is 5.92. The number of hydrogen-bond donors (Lipinski definition) is 4. The zero-order valence-corrected chi connectivity index (χ0v) is 24.7. The minimum Gasteiger partial charge on any atom is -0.368 e.